The Morgan fingerprint density at radius 2 is 2.00 bits per heavy atom. The molecule has 0 radical (unpaired) electrons. The number of primary sulfonamides is 1. The van der Waals surface area contributed by atoms with Crippen molar-refractivity contribution in [3.05, 3.63) is 27.7 Å². The summed E-state index contributed by atoms with van der Waals surface area (Å²) in [4.78, 5) is 11.7. The number of benzene rings is 1. The molecule has 1 aromatic rings. The van der Waals surface area contributed by atoms with Crippen LogP contribution < -0.4 is 10.5 Å². The summed E-state index contributed by atoms with van der Waals surface area (Å²) >= 11 is 11.7. The number of hydrogen-bond donors (Lipinski definition) is 2. The predicted molar refractivity (Wildman–Crippen MR) is 81.3 cm³/mol. The second kappa shape index (κ2) is 7.42. The van der Waals surface area contributed by atoms with Crippen LogP contribution in [-0.4, -0.2) is 33.6 Å². The van der Waals surface area contributed by atoms with Crippen molar-refractivity contribution in [3.63, 3.8) is 0 Å². The minimum Gasteiger partial charge on any atom is -0.377 e. The molecule has 0 fully saturated rings. The van der Waals surface area contributed by atoms with Gasteiger partial charge in [0.15, 0.2) is 0 Å². The zero-order chi connectivity index (χ0) is 16.2. The van der Waals surface area contributed by atoms with E-state index in [0.29, 0.717) is 6.61 Å². The summed E-state index contributed by atoms with van der Waals surface area (Å²) < 4.78 is 27.9. The van der Waals surface area contributed by atoms with Crippen LogP contribution in [0, 0.1) is 0 Å². The molecule has 0 aromatic heterocycles. The maximum absolute atomic E-state index is 12.0. The Bertz CT molecular complexity index is 632. The number of rotatable bonds is 6. The molecule has 0 saturated heterocycles. The Balaban J connectivity index is 2.91. The average molecular weight is 355 g/mol. The molecule has 0 aliphatic heterocycles. The Labute approximate surface area is 133 Å². The monoisotopic (exact) mass is 354 g/mol. The van der Waals surface area contributed by atoms with Gasteiger partial charge in [0, 0.05) is 6.54 Å². The lowest BCUT2D eigenvalue weighted by Crippen LogP contribution is -2.28. The van der Waals surface area contributed by atoms with Gasteiger partial charge in [-0.3, -0.25) is 4.79 Å². The molecule has 21 heavy (non-hydrogen) atoms. The van der Waals surface area contributed by atoms with Crippen molar-refractivity contribution in [1.82, 2.24) is 5.32 Å². The number of carbonyl (C=O) groups excluding carboxylic acids is 1. The summed E-state index contributed by atoms with van der Waals surface area (Å²) in [5, 5.41) is 7.48. The Morgan fingerprint density at radius 3 is 2.52 bits per heavy atom. The summed E-state index contributed by atoms with van der Waals surface area (Å²) in [6, 6.07) is 2.18. The number of nitrogens with one attached hydrogen (secondary N) is 1. The number of ether oxygens (including phenoxy) is 1. The molecular weight excluding hydrogens is 339 g/mol. The lowest BCUT2D eigenvalue weighted by Gasteiger charge is -2.11. The highest BCUT2D eigenvalue weighted by Crippen LogP contribution is 2.29. The molecule has 0 aliphatic carbocycles. The molecule has 0 heterocycles. The first-order valence-electron chi connectivity index (χ1n) is 6.04. The first-order valence-corrected chi connectivity index (χ1v) is 8.34. The van der Waals surface area contributed by atoms with Crippen LogP contribution in [-0.2, 0) is 14.8 Å². The summed E-state index contributed by atoms with van der Waals surface area (Å²) in [6.45, 7) is 4.32. The van der Waals surface area contributed by atoms with Gasteiger partial charge >= 0.3 is 0 Å². The molecule has 6 nitrogen and oxygen atoms in total. The van der Waals surface area contributed by atoms with Gasteiger partial charge in [-0.05, 0) is 26.0 Å². The molecule has 1 rings (SSSR count). The van der Waals surface area contributed by atoms with E-state index in [-0.39, 0.29) is 33.2 Å². The summed E-state index contributed by atoms with van der Waals surface area (Å²) in [7, 11) is -3.98. The molecule has 0 unspecified atom stereocenters. The van der Waals surface area contributed by atoms with Gasteiger partial charge < -0.3 is 10.1 Å². The normalized spacial score (nSPS) is 11.7. The standard InChI is InChI=1S/C12H16Cl2N2O4S/c1-7(2)20-4-3-16-12(17)9-5-8(21(15,18)19)6-10(13)11(9)14/h5-7H,3-4H2,1-2H3,(H,16,17)(H2,15,18,19). The fraction of sp³-hybridized carbons (Fsp3) is 0.417. The number of carbonyl (C=O) groups is 1. The van der Waals surface area contributed by atoms with Crippen LogP contribution in [0.3, 0.4) is 0 Å². The molecule has 0 aliphatic rings. The third-order valence-electron chi connectivity index (χ3n) is 2.41. The van der Waals surface area contributed by atoms with Gasteiger partial charge in [-0.25, -0.2) is 13.6 Å². The van der Waals surface area contributed by atoms with Gasteiger partial charge in [0.05, 0.1) is 33.2 Å². The van der Waals surface area contributed by atoms with Gasteiger partial charge in [0.1, 0.15) is 0 Å². The predicted octanol–water partition coefficient (Wildman–Crippen LogP) is 1.80. The van der Waals surface area contributed by atoms with Gasteiger partial charge in [0.2, 0.25) is 10.0 Å². The van der Waals surface area contributed by atoms with E-state index in [2.05, 4.69) is 5.32 Å². The zero-order valence-corrected chi connectivity index (χ0v) is 13.8. The molecule has 0 bridgehead atoms. The van der Waals surface area contributed by atoms with Crippen LogP contribution in [0.25, 0.3) is 0 Å². The van der Waals surface area contributed by atoms with E-state index in [4.69, 9.17) is 33.1 Å². The zero-order valence-electron chi connectivity index (χ0n) is 11.5. The van der Waals surface area contributed by atoms with E-state index in [0.717, 1.165) is 12.1 Å². The van der Waals surface area contributed by atoms with Gasteiger partial charge in [-0.2, -0.15) is 0 Å². The highest BCUT2D eigenvalue weighted by molar-refractivity contribution is 7.89. The highest BCUT2D eigenvalue weighted by atomic mass is 35.5. The fourth-order valence-electron chi connectivity index (χ4n) is 1.45. The van der Waals surface area contributed by atoms with Crippen LogP contribution in [0.4, 0.5) is 0 Å². The summed E-state index contributed by atoms with van der Waals surface area (Å²) in [5.41, 5.74) is -0.0576. The molecule has 0 spiro atoms. The van der Waals surface area contributed by atoms with E-state index < -0.39 is 15.9 Å². The molecule has 9 heteroatoms. The Morgan fingerprint density at radius 1 is 1.38 bits per heavy atom. The lowest BCUT2D eigenvalue weighted by atomic mass is 10.2. The number of halogens is 2. The summed E-state index contributed by atoms with van der Waals surface area (Å²) in [5.74, 6) is -0.556. The molecular formula is C12H16Cl2N2O4S. The van der Waals surface area contributed by atoms with Gasteiger partial charge in [-0.15, -0.1) is 0 Å². The number of amides is 1. The molecule has 1 aromatic carbocycles. The van der Waals surface area contributed by atoms with Crippen LogP contribution >= 0.6 is 23.2 Å². The molecule has 0 saturated carbocycles. The first-order chi connectivity index (χ1) is 9.62. The van der Waals surface area contributed by atoms with E-state index >= 15 is 0 Å². The molecule has 118 valence electrons. The first kappa shape index (κ1) is 18.2. The number of hydrogen-bond acceptors (Lipinski definition) is 4. The molecule has 3 N–H and O–H groups in total. The Hall–Kier alpha value is -0.860. The van der Waals surface area contributed by atoms with Crippen molar-refractivity contribution in [2.24, 2.45) is 5.14 Å². The van der Waals surface area contributed by atoms with Crippen LogP contribution in [0.5, 0.6) is 0 Å². The van der Waals surface area contributed by atoms with Crippen LogP contribution in [0.1, 0.15) is 24.2 Å². The third kappa shape index (κ3) is 5.44. The minimum absolute atomic E-state index is 0.0358. The van der Waals surface area contributed by atoms with E-state index in [1.807, 2.05) is 13.8 Å². The quantitative estimate of drug-likeness (QED) is 0.760. The number of sulfonamides is 1. The van der Waals surface area contributed by atoms with Crippen molar-refractivity contribution in [3.8, 4) is 0 Å². The molecule has 1 amide bonds. The van der Waals surface area contributed by atoms with E-state index in [1.54, 1.807) is 0 Å². The van der Waals surface area contributed by atoms with Crippen LogP contribution in [0.15, 0.2) is 17.0 Å². The second-order valence-corrected chi connectivity index (χ2v) is 6.83. The SMILES string of the molecule is CC(C)OCCNC(=O)c1cc(S(N)(=O)=O)cc(Cl)c1Cl. The average Bonchev–Trinajstić information content (AvgIpc) is 2.35. The molecule has 0 atom stereocenters. The second-order valence-electron chi connectivity index (χ2n) is 4.49. The third-order valence-corrected chi connectivity index (χ3v) is 4.11. The Kier molecular flexibility index (Phi) is 6.42. The topological polar surface area (TPSA) is 98.5 Å². The van der Waals surface area contributed by atoms with E-state index in [1.165, 1.54) is 0 Å². The van der Waals surface area contributed by atoms with Crippen molar-refractivity contribution in [1.29, 1.82) is 0 Å². The minimum atomic E-state index is -3.98. The maximum Gasteiger partial charge on any atom is 0.252 e. The van der Waals surface area contributed by atoms with Gasteiger partial charge in [0.25, 0.3) is 5.91 Å². The largest absolute Gasteiger partial charge is 0.377 e. The number of nitrogens with two attached hydrogens (primary N) is 1. The van der Waals surface area contributed by atoms with Crippen molar-refractivity contribution in [2.75, 3.05) is 13.2 Å². The smallest absolute Gasteiger partial charge is 0.252 e. The van der Waals surface area contributed by atoms with Gasteiger partial charge in [-0.1, -0.05) is 23.2 Å². The maximum atomic E-state index is 12.0. The van der Waals surface area contributed by atoms with E-state index in [9.17, 15) is 13.2 Å². The van der Waals surface area contributed by atoms with Crippen molar-refractivity contribution in [2.45, 2.75) is 24.8 Å². The van der Waals surface area contributed by atoms with Crippen molar-refractivity contribution < 1.29 is 17.9 Å². The fourth-order valence-corrected chi connectivity index (χ4v) is 2.49. The summed E-state index contributed by atoms with van der Waals surface area (Å²) in [6.07, 6.45) is 0.0469. The van der Waals surface area contributed by atoms with Crippen LogP contribution in [0.2, 0.25) is 10.0 Å². The van der Waals surface area contributed by atoms with Crippen molar-refractivity contribution >= 4 is 39.1 Å². The lowest BCUT2D eigenvalue weighted by molar-refractivity contribution is 0.0746. The highest BCUT2D eigenvalue weighted by Gasteiger charge is 2.18.